The molecule has 1 atom stereocenters. The van der Waals surface area contributed by atoms with E-state index in [1.165, 1.54) is 0 Å². The molecule has 0 aliphatic rings. The highest BCUT2D eigenvalue weighted by Gasteiger charge is 2.11. The smallest absolute Gasteiger partial charge is 0.287 e. The molecule has 0 spiro atoms. The fourth-order valence-corrected chi connectivity index (χ4v) is 1.56. The molecule has 0 fully saturated rings. The third-order valence-electron chi connectivity index (χ3n) is 2.26. The Labute approximate surface area is 96.2 Å². The summed E-state index contributed by atoms with van der Waals surface area (Å²) >= 11 is 0. The van der Waals surface area contributed by atoms with Crippen molar-refractivity contribution in [2.45, 2.75) is 33.2 Å². The first-order chi connectivity index (χ1) is 7.49. The van der Waals surface area contributed by atoms with Gasteiger partial charge in [-0.05, 0) is 31.4 Å². The number of hydrogen-bond acceptors (Lipinski definition) is 3. The average Bonchev–Trinajstić information content (AvgIpc) is 2.60. The highest BCUT2D eigenvalue weighted by Crippen LogP contribution is 2.06. The Bertz CT molecular complexity index is 345. The van der Waals surface area contributed by atoms with Crippen molar-refractivity contribution in [1.29, 1.82) is 0 Å². The zero-order valence-corrected chi connectivity index (χ0v) is 10.1. The SMILES string of the molecule is Cc1ccc(C(=O)NCC(N)CC(C)C)o1. The van der Waals surface area contributed by atoms with Gasteiger partial charge < -0.3 is 15.5 Å². The summed E-state index contributed by atoms with van der Waals surface area (Å²) in [7, 11) is 0. The van der Waals surface area contributed by atoms with E-state index >= 15 is 0 Å². The highest BCUT2D eigenvalue weighted by molar-refractivity contribution is 5.91. The lowest BCUT2D eigenvalue weighted by Gasteiger charge is -2.14. The Hall–Kier alpha value is -1.29. The first-order valence-corrected chi connectivity index (χ1v) is 5.59. The van der Waals surface area contributed by atoms with Gasteiger partial charge in [0.15, 0.2) is 5.76 Å². The van der Waals surface area contributed by atoms with Crippen molar-refractivity contribution in [3.8, 4) is 0 Å². The molecule has 0 radical (unpaired) electrons. The number of carbonyl (C=O) groups is 1. The van der Waals surface area contributed by atoms with Gasteiger partial charge in [-0.3, -0.25) is 4.79 Å². The minimum absolute atomic E-state index is 0.00000850. The third-order valence-corrected chi connectivity index (χ3v) is 2.26. The molecule has 90 valence electrons. The lowest BCUT2D eigenvalue weighted by molar-refractivity contribution is 0.0921. The van der Waals surface area contributed by atoms with E-state index in [1.807, 2.05) is 0 Å². The molecular formula is C12H20N2O2. The normalized spacial score (nSPS) is 12.8. The minimum Gasteiger partial charge on any atom is -0.456 e. The van der Waals surface area contributed by atoms with Crippen LogP contribution in [0, 0.1) is 12.8 Å². The molecule has 1 unspecified atom stereocenters. The average molecular weight is 224 g/mol. The predicted molar refractivity (Wildman–Crippen MR) is 63.2 cm³/mol. The van der Waals surface area contributed by atoms with Crippen molar-refractivity contribution in [3.05, 3.63) is 23.7 Å². The molecule has 1 rings (SSSR count). The Kier molecular flexibility index (Phi) is 4.55. The zero-order valence-electron chi connectivity index (χ0n) is 10.1. The molecule has 0 aromatic carbocycles. The van der Waals surface area contributed by atoms with Crippen molar-refractivity contribution in [3.63, 3.8) is 0 Å². The van der Waals surface area contributed by atoms with Gasteiger partial charge in [0.1, 0.15) is 5.76 Å². The Morgan fingerprint density at radius 2 is 2.19 bits per heavy atom. The van der Waals surface area contributed by atoms with Crippen LogP contribution in [-0.2, 0) is 0 Å². The van der Waals surface area contributed by atoms with Gasteiger partial charge in [0, 0.05) is 12.6 Å². The summed E-state index contributed by atoms with van der Waals surface area (Å²) in [5.41, 5.74) is 5.86. The molecular weight excluding hydrogens is 204 g/mol. The molecule has 1 aromatic heterocycles. The van der Waals surface area contributed by atoms with Crippen molar-refractivity contribution in [2.24, 2.45) is 11.7 Å². The molecule has 1 heterocycles. The number of nitrogens with two attached hydrogens (primary N) is 1. The Morgan fingerprint density at radius 1 is 1.50 bits per heavy atom. The van der Waals surface area contributed by atoms with E-state index in [0.717, 1.165) is 12.2 Å². The van der Waals surface area contributed by atoms with Crippen LogP contribution in [0.15, 0.2) is 16.5 Å². The van der Waals surface area contributed by atoms with Gasteiger partial charge in [-0.25, -0.2) is 0 Å². The third kappa shape index (κ3) is 4.06. The number of carbonyl (C=O) groups excluding carboxylic acids is 1. The largest absolute Gasteiger partial charge is 0.456 e. The lowest BCUT2D eigenvalue weighted by Crippen LogP contribution is -2.37. The van der Waals surface area contributed by atoms with Crippen LogP contribution in [0.1, 0.15) is 36.6 Å². The van der Waals surface area contributed by atoms with Crippen LogP contribution >= 0.6 is 0 Å². The maximum atomic E-state index is 11.6. The van der Waals surface area contributed by atoms with Gasteiger partial charge in [0.25, 0.3) is 5.91 Å². The Balaban J connectivity index is 2.35. The molecule has 0 aliphatic heterocycles. The number of rotatable bonds is 5. The van der Waals surface area contributed by atoms with Gasteiger partial charge in [-0.2, -0.15) is 0 Å². The van der Waals surface area contributed by atoms with E-state index in [1.54, 1.807) is 19.1 Å². The second kappa shape index (κ2) is 5.70. The fourth-order valence-electron chi connectivity index (χ4n) is 1.56. The summed E-state index contributed by atoms with van der Waals surface area (Å²) < 4.78 is 5.21. The van der Waals surface area contributed by atoms with E-state index < -0.39 is 0 Å². The first-order valence-electron chi connectivity index (χ1n) is 5.59. The summed E-state index contributed by atoms with van der Waals surface area (Å²) in [4.78, 5) is 11.6. The number of aryl methyl sites for hydroxylation is 1. The highest BCUT2D eigenvalue weighted by atomic mass is 16.3. The minimum atomic E-state index is -0.202. The van der Waals surface area contributed by atoms with Gasteiger partial charge in [0.2, 0.25) is 0 Å². The van der Waals surface area contributed by atoms with Gasteiger partial charge in [0.05, 0.1) is 0 Å². The lowest BCUT2D eigenvalue weighted by atomic mass is 10.0. The molecule has 1 aromatic rings. The first kappa shape index (κ1) is 12.8. The standard InChI is InChI=1S/C12H20N2O2/c1-8(2)6-10(13)7-14-12(15)11-5-4-9(3)16-11/h4-5,8,10H,6-7,13H2,1-3H3,(H,14,15). The number of amides is 1. The zero-order chi connectivity index (χ0) is 12.1. The van der Waals surface area contributed by atoms with Gasteiger partial charge >= 0.3 is 0 Å². The summed E-state index contributed by atoms with van der Waals surface area (Å²) in [6.07, 6.45) is 0.900. The van der Waals surface area contributed by atoms with Crippen molar-refractivity contribution >= 4 is 5.91 Å². The topological polar surface area (TPSA) is 68.3 Å². The molecule has 0 saturated heterocycles. The van der Waals surface area contributed by atoms with Crippen molar-refractivity contribution < 1.29 is 9.21 Å². The monoisotopic (exact) mass is 224 g/mol. The van der Waals surface area contributed by atoms with Gasteiger partial charge in [-0.1, -0.05) is 13.8 Å². The maximum Gasteiger partial charge on any atom is 0.287 e. The molecule has 4 nitrogen and oxygen atoms in total. The molecule has 1 amide bonds. The number of nitrogens with one attached hydrogen (secondary N) is 1. The second-order valence-corrected chi connectivity index (χ2v) is 4.51. The van der Waals surface area contributed by atoms with Crippen LogP contribution < -0.4 is 11.1 Å². The summed E-state index contributed by atoms with van der Waals surface area (Å²) in [5.74, 6) is 1.41. The molecule has 0 bridgehead atoms. The quantitative estimate of drug-likeness (QED) is 0.799. The van der Waals surface area contributed by atoms with E-state index in [-0.39, 0.29) is 11.9 Å². The van der Waals surface area contributed by atoms with Crippen molar-refractivity contribution in [1.82, 2.24) is 5.32 Å². The van der Waals surface area contributed by atoms with E-state index in [2.05, 4.69) is 19.2 Å². The van der Waals surface area contributed by atoms with Crippen molar-refractivity contribution in [2.75, 3.05) is 6.54 Å². The summed E-state index contributed by atoms with van der Waals surface area (Å²) in [6, 6.07) is 3.43. The predicted octanol–water partition coefficient (Wildman–Crippen LogP) is 1.69. The van der Waals surface area contributed by atoms with Crippen LogP contribution in [0.5, 0.6) is 0 Å². The summed E-state index contributed by atoms with van der Waals surface area (Å²) in [5, 5.41) is 2.76. The fraction of sp³-hybridized carbons (Fsp3) is 0.583. The maximum absolute atomic E-state index is 11.6. The molecule has 0 saturated carbocycles. The molecule has 0 aliphatic carbocycles. The summed E-state index contributed by atoms with van der Waals surface area (Å²) in [6.45, 7) is 6.51. The molecule has 3 N–H and O–H groups in total. The second-order valence-electron chi connectivity index (χ2n) is 4.51. The van der Waals surface area contributed by atoms with Gasteiger partial charge in [-0.15, -0.1) is 0 Å². The van der Waals surface area contributed by atoms with Crippen LogP contribution in [0.3, 0.4) is 0 Å². The van der Waals surface area contributed by atoms with Crippen LogP contribution in [0.4, 0.5) is 0 Å². The van der Waals surface area contributed by atoms with Crippen LogP contribution in [-0.4, -0.2) is 18.5 Å². The number of hydrogen-bond donors (Lipinski definition) is 2. The molecule has 4 heteroatoms. The van der Waals surface area contributed by atoms with Crippen LogP contribution in [0.2, 0.25) is 0 Å². The Morgan fingerprint density at radius 3 is 2.69 bits per heavy atom. The van der Waals surface area contributed by atoms with Crippen LogP contribution in [0.25, 0.3) is 0 Å². The number of furan rings is 1. The molecule has 16 heavy (non-hydrogen) atoms. The van der Waals surface area contributed by atoms with E-state index in [4.69, 9.17) is 10.2 Å². The van der Waals surface area contributed by atoms with E-state index in [0.29, 0.717) is 18.2 Å². The van der Waals surface area contributed by atoms with E-state index in [9.17, 15) is 4.79 Å².